The molecular weight excluding hydrogens is 264 g/mol. The molecule has 0 amide bonds. The summed E-state index contributed by atoms with van der Waals surface area (Å²) >= 11 is 0. The van der Waals surface area contributed by atoms with Crippen molar-refractivity contribution >= 4 is 5.97 Å². The Morgan fingerprint density at radius 3 is 2.71 bits per heavy atom. The van der Waals surface area contributed by atoms with E-state index >= 15 is 0 Å². The van der Waals surface area contributed by atoms with Gasteiger partial charge in [-0.3, -0.25) is 9.69 Å². The van der Waals surface area contributed by atoms with Crippen molar-refractivity contribution < 1.29 is 9.53 Å². The number of rotatable bonds is 6. The number of nitrogens with zero attached hydrogens (tertiary/aromatic N) is 1. The van der Waals surface area contributed by atoms with E-state index in [1.807, 2.05) is 6.92 Å². The number of fused-ring (bicyclic) bond motifs is 1. The van der Waals surface area contributed by atoms with Crippen LogP contribution in [-0.2, 0) is 9.53 Å². The van der Waals surface area contributed by atoms with Gasteiger partial charge in [0.25, 0.3) is 0 Å². The second-order valence-electron chi connectivity index (χ2n) is 6.99. The number of hydrogen-bond acceptors (Lipinski definition) is 4. The lowest BCUT2D eigenvalue weighted by atomic mass is 9.78. The van der Waals surface area contributed by atoms with Crippen LogP contribution in [-0.4, -0.2) is 48.7 Å². The largest absolute Gasteiger partial charge is 0.465 e. The Labute approximate surface area is 128 Å². The fraction of sp³-hybridized carbons (Fsp3) is 0.941. The molecule has 1 N–H and O–H groups in total. The SMILES string of the molecule is CCOC(=O)C(CN1CCC[C@H]2CCCC[C@H]21)NC1CC1. The summed E-state index contributed by atoms with van der Waals surface area (Å²) in [5, 5.41) is 3.50. The van der Waals surface area contributed by atoms with Gasteiger partial charge in [0.15, 0.2) is 0 Å². The van der Waals surface area contributed by atoms with Gasteiger partial charge in [0.1, 0.15) is 6.04 Å². The van der Waals surface area contributed by atoms with Crippen molar-refractivity contribution in [3.05, 3.63) is 0 Å². The fourth-order valence-corrected chi connectivity index (χ4v) is 4.16. The lowest BCUT2D eigenvalue weighted by Gasteiger charge is -2.45. The maximum absolute atomic E-state index is 12.2. The second-order valence-corrected chi connectivity index (χ2v) is 6.99. The summed E-state index contributed by atoms with van der Waals surface area (Å²) in [6.45, 7) is 4.37. The molecule has 1 aliphatic heterocycles. The monoisotopic (exact) mass is 294 g/mol. The van der Waals surface area contributed by atoms with Crippen LogP contribution in [0.25, 0.3) is 0 Å². The third kappa shape index (κ3) is 3.98. The molecule has 3 fully saturated rings. The number of carbonyl (C=O) groups excluding carboxylic acids is 1. The Morgan fingerprint density at radius 2 is 1.95 bits per heavy atom. The van der Waals surface area contributed by atoms with Crippen molar-refractivity contribution in [3.63, 3.8) is 0 Å². The van der Waals surface area contributed by atoms with E-state index in [0.717, 1.165) is 19.0 Å². The standard InChI is InChI=1S/C17H30N2O2/c1-2-21-17(20)15(18-14-9-10-14)12-19-11-5-7-13-6-3-4-8-16(13)19/h13-16,18H,2-12H2,1H3/t13-,15?,16-/m1/s1. The van der Waals surface area contributed by atoms with Gasteiger partial charge in [0.2, 0.25) is 0 Å². The third-order valence-electron chi connectivity index (χ3n) is 5.36. The molecule has 120 valence electrons. The molecule has 0 bridgehead atoms. The lowest BCUT2D eigenvalue weighted by Crippen LogP contribution is -2.54. The van der Waals surface area contributed by atoms with Gasteiger partial charge in [-0.15, -0.1) is 0 Å². The molecule has 21 heavy (non-hydrogen) atoms. The Balaban J connectivity index is 1.61. The topological polar surface area (TPSA) is 41.6 Å². The molecule has 4 nitrogen and oxygen atoms in total. The van der Waals surface area contributed by atoms with E-state index in [-0.39, 0.29) is 12.0 Å². The van der Waals surface area contributed by atoms with E-state index < -0.39 is 0 Å². The normalized spacial score (nSPS) is 31.5. The van der Waals surface area contributed by atoms with Crippen LogP contribution in [0.1, 0.15) is 58.3 Å². The highest BCUT2D eigenvalue weighted by molar-refractivity contribution is 5.76. The van der Waals surface area contributed by atoms with Crippen LogP contribution in [0, 0.1) is 5.92 Å². The van der Waals surface area contributed by atoms with Gasteiger partial charge in [0, 0.05) is 18.6 Å². The van der Waals surface area contributed by atoms with E-state index in [1.165, 1.54) is 51.4 Å². The Kier molecular flexibility index (Phi) is 5.17. The van der Waals surface area contributed by atoms with E-state index in [9.17, 15) is 4.79 Å². The molecule has 1 unspecified atom stereocenters. The van der Waals surface area contributed by atoms with Crippen LogP contribution in [0.15, 0.2) is 0 Å². The second kappa shape index (κ2) is 7.10. The molecule has 0 aromatic heterocycles. The van der Waals surface area contributed by atoms with Gasteiger partial charge in [-0.05, 0) is 57.9 Å². The van der Waals surface area contributed by atoms with Crippen LogP contribution in [0.5, 0.6) is 0 Å². The fourth-order valence-electron chi connectivity index (χ4n) is 4.16. The zero-order valence-electron chi connectivity index (χ0n) is 13.4. The van der Waals surface area contributed by atoms with E-state index in [4.69, 9.17) is 4.74 Å². The molecule has 0 aromatic carbocycles. The predicted molar refractivity (Wildman–Crippen MR) is 83.1 cm³/mol. The van der Waals surface area contributed by atoms with Gasteiger partial charge in [-0.1, -0.05) is 12.8 Å². The smallest absolute Gasteiger partial charge is 0.324 e. The zero-order chi connectivity index (χ0) is 14.7. The summed E-state index contributed by atoms with van der Waals surface area (Å²) in [5.74, 6) is 0.818. The number of likely N-dealkylation sites (tertiary alicyclic amines) is 1. The summed E-state index contributed by atoms with van der Waals surface area (Å²) in [7, 11) is 0. The number of nitrogens with one attached hydrogen (secondary N) is 1. The number of carbonyl (C=O) groups is 1. The van der Waals surface area contributed by atoms with Gasteiger partial charge in [-0.2, -0.15) is 0 Å². The molecule has 0 radical (unpaired) electrons. The minimum atomic E-state index is -0.127. The van der Waals surface area contributed by atoms with Gasteiger partial charge in [-0.25, -0.2) is 0 Å². The van der Waals surface area contributed by atoms with E-state index in [0.29, 0.717) is 18.7 Å². The van der Waals surface area contributed by atoms with Gasteiger partial charge >= 0.3 is 5.97 Å². The Bertz CT molecular complexity index is 355. The average molecular weight is 294 g/mol. The summed E-state index contributed by atoms with van der Waals surface area (Å²) in [6, 6.07) is 1.13. The molecule has 3 atom stereocenters. The van der Waals surface area contributed by atoms with Crippen molar-refractivity contribution in [1.29, 1.82) is 0 Å². The first-order valence-corrected chi connectivity index (χ1v) is 8.94. The molecular formula is C17H30N2O2. The first-order chi connectivity index (χ1) is 10.3. The summed E-state index contributed by atoms with van der Waals surface area (Å²) in [5.41, 5.74) is 0. The van der Waals surface area contributed by atoms with Crippen molar-refractivity contribution in [2.24, 2.45) is 5.92 Å². The average Bonchev–Trinajstić information content (AvgIpc) is 3.31. The van der Waals surface area contributed by atoms with Crippen LogP contribution >= 0.6 is 0 Å². The summed E-state index contributed by atoms with van der Waals surface area (Å²) < 4.78 is 5.28. The maximum atomic E-state index is 12.2. The summed E-state index contributed by atoms with van der Waals surface area (Å²) in [4.78, 5) is 14.8. The third-order valence-corrected chi connectivity index (χ3v) is 5.36. The van der Waals surface area contributed by atoms with Gasteiger partial charge in [0.05, 0.1) is 6.61 Å². The van der Waals surface area contributed by atoms with Crippen LogP contribution in [0.2, 0.25) is 0 Å². The summed E-state index contributed by atoms with van der Waals surface area (Å²) in [6.07, 6.45) is 10.6. The Morgan fingerprint density at radius 1 is 1.19 bits per heavy atom. The first-order valence-electron chi connectivity index (χ1n) is 8.94. The Hall–Kier alpha value is -0.610. The zero-order valence-corrected chi connectivity index (χ0v) is 13.4. The van der Waals surface area contributed by atoms with E-state index in [2.05, 4.69) is 10.2 Å². The molecule has 1 saturated heterocycles. The predicted octanol–water partition coefficient (Wildman–Crippen LogP) is 2.32. The molecule has 2 aliphatic carbocycles. The lowest BCUT2D eigenvalue weighted by molar-refractivity contribution is -0.146. The molecule has 2 saturated carbocycles. The highest BCUT2D eigenvalue weighted by atomic mass is 16.5. The molecule has 3 rings (SSSR count). The minimum Gasteiger partial charge on any atom is -0.465 e. The van der Waals surface area contributed by atoms with Gasteiger partial charge < -0.3 is 10.1 Å². The highest BCUT2D eigenvalue weighted by Crippen LogP contribution is 2.35. The highest BCUT2D eigenvalue weighted by Gasteiger charge is 2.37. The van der Waals surface area contributed by atoms with Crippen LogP contribution in [0.4, 0.5) is 0 Å². The maximum Gasteiger partial charge on any atom is 0.324 e. The molecule has 4 heteroatoms. The number of piperidine rings is 1. The van der Waals surface area contributed by atoms with Crippen LogP contribution < -0.4 is 5.32 Å². The van der Waals surface area contributed by atoms with Crippen molar-refractivity contribution in [2.75, 3.05) is 19.7 Å². The van der Waals surface area contributed by atoms with Crippen molar-refractivity contribution in [2.45, 2.75) is 76.4 Å². The van der Waals surface area contributed by atoms with Crippen LogP contribution in [0.3, 0.4) is 0 Å². The number of ether oxygens (including phenoxy) is 1. The quantitative estimate of drug-likeness (QED) is 0.763. The van der Waals surface area contributed by atoms with Crippen molar-refractivity contribution in [1.82, 2.24) is 10.2 Å². The first kappa shape index (κ1) is 15.3. The van der Waals surface area contributed by atoms with E-state index in [1.54, 1.807) is 0 Å². The molecule has 3 aliphatic rings. The minimum absolute atomic E-state index is 0.0534. The molecule has 0 aromatic rings. The van der Waals surface area contributed by atoms with Crippen molar-refractivity contribution in [3.8, 4) is 0 Å². The number of esters is 1. The molecule has 0 spiro atoms. The molecule has 1 heterocycles. The number of hydrogen-bond donors (Lipinski definition) is 1.